The molecule has 1 heterocycles. The number of benzene rings is 1. The van der Waals surface area contributed by atoms with E-state index in [1.165, 1.54) is 27.5 Å². The second-order valence-electron chi connectivity index (χ2n) is 5.32. The molecule has 1 N–H and O–H groups in total. The van der Waals surface area contributed by atoms with Gasteiger partial charge >= 0.3 is 17.9 Å². The van der Waals surface area contributed by atoms with Gasteiger partial charge in [0, 0.05) is 12.6 Å². The topological polar surface area (TPSA) is 90.9 Å². The zero-order valence-corrected chi connectivity index (χ0v) is 13.7. The van der Waals surface area contributed by atoms with Crippen LogP contribution >= 0.6 is 0 Å². The number of hydrogen-bond donors (Lipinski definition) is 1. The number of carbonyl (C=O) groups excluding carboxylic acids is 3. The predicted octanol–water partition coefficient (Wildman–Crippen LogP) is 0.590. The lowest BCUT2D eigenvalue weighted by atomic mass is 9.77. The Morgan fingerprint density at radius 3 is 2.25 bits per heavy atom. The number of hydrogen-bond acceptors (Lipinski definition) is 7. The smallest absolute Gasteiger partial charge is 0.336 e. The van der Waals surface area contributed by atoms with Crippen LogP contribution in [0.1, 0.15) is 5.56 Å². The van der Waals surface area contributed by atoms with Gasteiger partial charge in [-0.1, -0.05) is 30.3 Å². The summed E-state index contributed by atoms with van der Waals surface area (Å²) in [6.45, 7) is 0. The molecule has 0 aromatic heterocycles. The van der Waals surface area contributed by atoms with Crippen molar-refractivity contribution in [3.63, 3.8) is 0 Å². The first-order valence-corrected chi connectivity index (χ1v) is 7.26. The van der Waals surface area contributed by atoms with Gasteiger partial charge in [-0.2, -0.15) is 0 Å². The summed E-state index contributed by atoms with van der Waals surface area (Å²) in [5, 5.41) is 2.86. The van der Waals surface area contributed by atoms with Gasteiger partial charge in [-0.05, 0) is 5.56 Å². The van der Waals surface area contributed by atoms with E-state index in [-0.39, 0.29) is 12.0 Å². The van der Waals surface area contributed by atoms with E-state index in [2.05, 4.69) is 5.32 Å². The maximum absolute atomic E-state index is 12.5. The minimum Gasteiger partial charge on any atom is -0.468 e. The highest BCUT2D eigenvalue weighted by Crippen LogP contribution is 2.36. The molecule has 7 heteroatoms. The van der Waals surface area contributed by atoms with E-state index in [1.807, 2.05) is 30.3 Å². The van der Waals surface area contributed by atoms with Crippen molar-refractivity contribution in [2.24, 2.45) is 5.92 Å². The van der Waals surface area contributed by atoms with Gasteiger partial charge in [0.05, 0.1) is 26.9 Å². The standard InChI is InChI=1S/C17H19NO6/c1-22-14(19)12-10-18-17(16(21)24-3,13(12)15(20)23-2)9-11-7-5-4-6-8-11/h4-8,10,13,18H,9H2,1-3H3/t13-,17-/m0/s1. The van der Waals surface area contributed by atoms with E-state index in [9.17, 15) is 14.4 Å². The Morgan fingerprint density at radius 1 is 1.04 bits per heavy atom. The van der Waals surface area contributed by atoms with Crippen LogP contribution in [0.25, 0.3) is 0 Å². The number of rotatable bonds is 5. The SMILES string of the molecule is COC(=O)C1=CN[C@](Cc2ccccc2)(C(=O)OC)[C@@H]1C(=O)OC. The number of nitrogens with one attached hydrogen (secondary N) is 1. The average Bonchev–Trinajstić information content (AvgIpc) is 3.00. The van der Waals surface area contributed by atoms with Crippen molar-refractivity contribution < 1.29 is 28.6 Å². The van der Waals surface area contributed by atoms with E-state index >= 15 is 0 Å². The fourth-order valence-electron chi connectivity index (χ4n) is 2.88. The lowest BCUT2D eigenvalue weighted by molar-refractivity contribution is -0.159. The molecule has 0 aliphatic carbocycles. The van der Waals surface area contributed by atoms with Crippen molar-refractivity contribution in [2.45, 2.75) is 12.0 Å². The first-order valence-electron chi connectivity index (χ1n) is 7.26. The summed E-state index contributed by atoms with van der Waals surface area (Å²) < 4.78 is 14.4. The van der Waals surface area contributed by atoms with E-state index in [0.717, 1.165) is 5.56 Å². The molecule has 0 bridgehead atoms. The molecule has 0 saturated carbocycles. The number of ether oxygens (including phenoxy) is 3. The molecule has 0 fully saturated rings. The molecule has 0 amide bonds. The Hall–Kier alpha value is -2.83. The molecule has 0 radical (unpaired) electrons. The predicted molar refractivity (Wildman–Crippen MR) is 83.6 cm³/mol. The Labute approximate surface area is 139 Å². The third-order valence-electron chi connectivity index (χ3n) is 4.02. The fraction of sp³-hybridized carbons (Fsp3) is 0.353. The maximum atomic E-state index is 12.5. The molecule has 1 aromatic carbocycles. The van der Waals surface area contributed by atoms with Crippen LogP contribution in [0.4, 0.5) is 0 Å². The normalized spacial score (nSPS) is 22.1. The molecule has 2 atom stereocenters. The Morgan fingerprint density at radius 2 is 1.71 bits per heavy atom. The van der Waals surface area contributed by atoms with Crippen LogP contribution in [0.15, 0.2) is 42.1 Å². The Bertz CT molecular complexity index is 669. The molecule has 2 rings (SSSR count). The summed E-state index contributed by atoms with van der Waals surface area (Å²) in [7, 11) is 3.62. The van der Waals surface area contributed by atoms with Gasteiger partial charge < -0.3 is 19.5 Å². The number of methoxy groups -OCH3 is 3. The highest BCUT2D eigenvalue weighted by molar-refractivity contribution is 6.02. The maximum Gasteiger partial charge on any atom is 0.336 e. The summed E-state index contributed by atoms with van der Waals surface area (Å²) >= 11 is 0. The molecular weight excluding hydrogens is 314 g/mol. The molecule has 1 aliphatic rings. The Balaban J connectivity index is 2.51. The van der Waals surface area contributed by atoms with E-state index in [0.29, 0.717) is 0 Å². The molecule has 0 spiro atoms. The van der Waals surface area contributed by atoms with Crippen molar-refractivity contribution in [3.05, 3.63) is 47.7 Å². The molecule has 7 nitrogen and oxygen atoms in total. The van der Waals surface area contributed by atoms with Crippen LogP contribution in [-0.4, -0.2) is 44.8 Å². The fourth-order valence-corrected chi connectivity index (χ4v) is 2.88. The zero-order chi connectivity index (χ0) is 17.7. The number of esters is 3. The summed E-state index contributed by atoms with van der Waals surface area (Å²) in [5.74, 6) is -3.28. The minimum absolute atomic E-state index is 0.0191. The largest absolute Gasteiger partial charge is 0.468 e. The molecule has 1 aliphatic heterocycles. The minimum atomic E-state index is -1.48. The van der Waals surface area contributed by atoms with Crippen molar-refractivity contribution >= 4 is 17.9 Å². The van der Waals surface area contributed by atoms with Crippen LogP contribution in [-0.2, 0) is 35.0 Å². The monoisotopic (exact) mass is 333 g/mol. The first kappa shape index (κ1) is 17.5. The van der Waals surface area contributed by atoms with E-state index < -0.39 is 29.4 Å². The molecule has 0 unspecified atom stereocenters. The highest BCUT2D eigenvalue weighted by Gasteiger charge is 2.57. The van der Waals surface area contributed by atoms with Gasteiger partial charge in [-0.15, -0.1) is 0 Å². The summed E-state index contributed by atoms with van der Waals surface area (Å²) in [6.07, 6.45) is 1.45. The second-order valence-corrected chi connectivity index (χ2v) is 5.32. The van der Waals surface area contributed by atoms with Crippen molar-refractivity contribution in [1.82, 2.24) is 5.32 Å². The molecular formula is C17H19NO6. The quantitative estimate of drug-likeness (QED) is 0.623. The molecule has 128 valence electrons. The van der Waals surface area contributed by atoms with E-state index in [4.69, 9.17) is 14.2 Å². The van der Waals surface area contributed by atoms with Gasteiger partial charge in [0.25, 0.3) is 0 Å². The van der Waals surface area contributed by atoms with Crippen molar-refractivity contribution in [2.75, 3.05) is 21.3 Å². The van der Waals surface area contributed by atoms with Gasteiger partial charge in [-0.25, -0.2) is 9.59 Å². The molecule has 1 aromatic rings. The summed E-state index contributed by atoms with van der Waals surface area (Å²) in [5.41, 5.74) is -0.665. The summed E-state index contributed by atoms with van der Waals surface area (Å²) in [6, 6.07) is 9.11. The second kappa shape index (κ2) is 7.16. The van der Waals surface area contributed by atoms with Crippen LogP contribution in [0.3, 0.4) is 0 Å². The van der Waals surface area contributed by atoms with Gasteiger partial charge in [-0.3, -0.25) is 4.79 Å². The molecule has 24 heavy (non-hydrogen) atoms. The lowest BCUT2D eigenvalue weighted by Crippen LogP contribution is -2.57. The van der Waals surface area contributed by atoms with Crippen LogP contribution < -0.4 is 5.32 Å². The summed E-state index contributed by atoms with van der Waals surface area (Å²) in [4.78, 5) is 36.9. The van der Waals surface area contributed by atoms with Crippen LogP contribution in [0.5, 0.6) is 0 Å². The lowest BCUT2D eigenvalue weighted by Gasteiger charge is -2.32. The molecule has 0 saturated heterocycles. The first-order chi connectivity index (χ1) is 11.5. The van der Waals surface area contributed by atoms with Crippen LogP contribution in [0, 0.1) is 5.92 Å². The number of carbonyl (C=O) groups is 3. The third kappa shape index (κ3) is 2.97. The third-order valence-corrected chi connectivity index (χ3v) is 4.02. The van der Waals surface area contributed by atoms with Crippen molar-refractivity contribution in [3.8, 4) is 0 Å². The van der Waals surface area contributed by atoms with E-state index in [1.54, 1.807) is 0 Å². The van der Waals surface area contributed by atoms with Gasteiger partial charge in [0.15, 0.2) is 5.54 Å². The van der Waals surface area contributed by atoms with Gasteiger partial charge in [0.1, 0.15) is 5.92 Å². The zero-order valence-electron chi connectivity index (χ0n) is 13.7. The average molecular weight is 333 g/mol. The Kier molecular flexibility index (Phi) is 5.23. The van der Waals surface area contributed by atoms with Crippen LogP contribution in [0.2, 0.25) is 0 Å². The van der Waals surface area contributed by atoms with Gasteiger partial charge in [0.2, 0.25) is 0 Å². The highest BCUT2D eigenvalue weighted by atomic mass is 16.5. The van der Waals surface area contributed by atoms with Crippen molar-refractivity contribution in [1.29, 1.82) is 0 Å².